The lowest BCUT2D eigenvalue weighted by molar-refractivity contribution is 0.0734. The monoisotopic (exact) mass is 492 g/mol. The second-order valence-electron chi connectivity index (χ2n) is 10.4. The minimum Gasteiger partial charge on any atom is -0.337 e. The van der Waals surface area contributed by atoms with E-state index in [1.165, 1.54) is 0 Å². The van der Waals surface area contributed by atoms with E-state index >= 15 is 0 Å². The van der Waals surface area contributed by atoms with Crippen LogP contribution in [0.1, 0.15) is 63.8 Å². The van der Waals surface area contributed by atoms with E-state index in [0.717, 1.165) is 38.2 Å². The normalized spacial score (nSPS) is 22.7. The Morgan fingerprint density at radius 1 is 1.14 bits per heavy atom. The number of nitrogens with zero attached hydrogens (tertiary/aromatic N) is 6. The summed E-state index contributed by atoms with van der Waals surface area (Å²) in [5.41, 5.74) is 11.1. The van der Waals surface area contributed by atoms with Crippen LogP contribution < -0.4 is 10.6 Å². The Morgan fingerprint density at radius 2 is 1.95 bits per heavy atom. The molecule has 0 spiro atoms. The third kappa shape index (κ3) is 3.20. The summed E-state index contributed by atoms with van der Waals surface area (Å²) in [5, 5.41) is 0. The van der Waals surface area contributed by atoms with Crippen LogP contribution >= 0.6 is 0 Å². The summed E-state index contributed by atoms with van der Waals surface area (Å²) >= 11 is 0. The lowest BCUT2D eigenvalue weighted by Gasteiger charge is -2.45. The number of anilines is 1. The summed E-state index contributed by atoms with van der Waals surface area (Å²) in [7, 11) is 0. The van der Waals surface area contributed by atoms with Crippen LogP contribution in [0.3, 0.4) is 0 Å². The number of aromatic nitrogens is 4. The number of rotatable bonds is 2. The lowest BCUT2D eigenvalue weighted by Crippen LogP contribution is -2.66. The zero-order valence-electron chi connectivity index (χ0n) is 23.6. The molecule has 1 saturated heterocycles. The Bertz CT molecular complexity index is 1760. The van der Waals surface area contributed by atoms with Gasteiger partial charge in [0, 0.05) is 70.8 Å². The van der Waals surface area contributed by atoms with Gasteiger partial charge in [-0.05, 0) is 43.7 Å². The van der Waals surface area contributed by atoms with Gasteiger partial charge in [-0.25, -0.2) is 15.0 Å². The quantitative estimate of drug-likeness (QED) is 0.431. The van der Waals surface area contributed by atoms with Gasteiger partial charge in [0.1, 0.15) is 5.82 Å². The van der Waals surface area contributed by atoms with E-state index in [0.29, 0.717) is 36.8 Å². The van der Waals surface area contributed by atoms with Crippen LogP contribution in [0.15, 0.2) is 48.8 Å². The van der Waals surface area contributed by atoms with Gasteiger partial charge in [-0.15, -0.1) is 5.92 Å². The van der Waals surface area contributed by atoms with Gasteiger partial charge in [0.05, 0.1) is 23.1 Å². The van der Waals surface area contributed by atoms with Crippen LogP contribution in [-0.2, 0) is 0 Å². The van der Waals surface area contributed by atoms with Crippen molar-refractivity contribution in [2.75, 3.05) is 25.0 Å². The number of fused-ring (bicyclic) bond motifs is 9. The van der Waals surface area contributed by atoms with Gasteiger partial charge in [-0.1, -0.05) is 18.1 Å². The van der Waals surface area contributed by atoms with Crippen LogP contribution in [0.2, 0.25) is 0 Å². The van der Waals surface area contributed by atoms with Crippen molar-refractivity contribution in [1.82, 2.24) is 24.4 Å². The van der Waals surface area contributed by atoms with Crippen molar-refractivity contribution >= 4 is 22.9 Å². The molecular weight excluding hydrogens is 462 g/mol. The molecule has 2 bridgehead atoms. The molecule has 2 aromatic heterocycles. The number of carbonyl (C=O) groups is 1. The molecule has 7 rings (SSSR count). The summed E-state index contributed by atoms with van der Waals surface area (Å²) in [6.45, 7) is 2.56. The second kappa shape index (κ2) is 7.64. The largest absolute Gasteiger partial charge is 0.337 e. The standard InChI is InChI=1S/C29H27N7O/c1-4-6-17-7-5-8-20-25(17)23-12-24(34(3)27(20)37)26-33-21-10-9-18(11-22(21)36(23)26)19-13-31-28(32-14-19)35-15-29(2,30)16-35/h5,7-11,13-14,23-24H,12,15-16,30H2,1-3H3/t23-,24-/m1/s1/i3D3. The predicted molar refractivity (Wildman–Crippen MR) is 142 cm³/mol. The molecule has 1 amide bonds. The van der Waals surface area contributed by atoms with E-state index in [-0.39, 0.29) is 11.6 Å². The highest BCUT2D eigenvalue weighted by Crippen LogP contribution is 2.48. The van der Waals surface area contributed by atoms with Crippen molar-refractivity contribution < 1.29 is 8.91 Å². The number of amides is 1. The maximum atomic E-state index is 13.7. The predicted octanol–water partition coefficient (Wildman–Crippen LogP) is 3.52. The second-order valence-corrected chi connectivity index (χ2v) is 10.4. The molecule has 0 saturated carbocycles. The number of nitrogens with two attached hydrogens (primary N) is 1. The number of benzene rings is 2. The Morgan fingerprint density at radius 3 is 2.68 bits per heavy atom. The molecular formula is C29H27N7O. The van der Waals surface area contributed by atoms with E-state index in [2.05, 4.69) is 26.4 Å². The topological polar surface area (TPSA) is 93.2 Å². The Hall–Kier alpha value is -4.22. The summed E-state index contributed by atoms with van der Waals surface area (Å²) in [6.07, 6.45) is 4.02. The third-order valence-corrected chi connectivity index (χ3v) is 7.59. The fourth-order valence-corrected chi connectivity index (χ4v) is 5.97. The van der Waals surface area contributed by atoms with Crippen molar-refractivity contribution in [1.29, 1.82) is 0 Å². The first kappa shape index (κ1) is 19.0. The van der Waals surface area contributed by atoms with Gasteiger partial charge >= 0.3 is 0 Å². The summed E-state index contributed by atoms with van der Waals surface area (Å²) < 4.78 is 26.8. The van der Waals surface area contributed by atoms with Crippen LogP contribution in [0.25, 0.3) is 22.2 Å². The van der Waals surface area contributed by atoms with E-state index < -0.39 is 18.9 Å². The smallest absolute Gasteiger partial charge is 0.254 e. The molecule has 2 atom stereocenters. The molecule has 1 fully saturated rings. The third-order valence-electron chi connectivity index (χ3n) is 7.59. The molecule has 4 aromatic rings. The van der Waals surface area contributed by atoms with E-state index in [1.807, 2.05) is 36.1 Å². The van der Waals surface area contributed by atoms with Crippen molar-refractivity contribution in [2.45, 2.75) is 37.9 Å². The number of hydrogen-bond acceptors (Lipinski definition) is 6. The highest BCUT2D eigenvalue weighted by molar-refractivity contribution is 5.98. The molecule has 3 aliphatic rings. The maximum Gasteiger partial charge on any atom is 0.254 e. The molecule has 0 unspecified atom stereocenters. The molecule has 184 valence electrons. The molecule has 2 aromatic carbocycles. The molecule has 8 nitrogen and oxygen atoms in total. The van der Waals surface area contributed by atoms with Crippen LogP contribution in [0, 0.1) is 11.8 Å². The number of carbonyl (C=O) groups excluding carboxylic acids is 1. The Labute approximate surface area is 219 Å². The van der Waals surface area contributed by atoms with Gasteiger partial charge in [0.2, 0.25) is 5.95 Å². The van der Waals surface area contributed by atoms with E-state index in [9.17, 15) is 4.79 Å². The van der Waals surface area contributed by atoms with Gasteiger partial charge in [0.15, 0.2) is 0 Å². The fourth-order valence-electron chi connectivity index (χ4n) is 5.97. The highest BCUT2D eigenvalue weighted by atomic mass is 16.2. The fraction of sp³-hybridized carbons (Fsp3) is 0.310. The minimum absolute atomic E-state index is 0.215. The average molecular weight is 493 g/mol. The summed E-state index contributed by atoms with van der Waals surface area (Å²) in [5.74, 6) is 6.78. The van der Waals surface area contributed by atoms with Gasteiger partial charge < -0.3 is 20.1 Å². The average Bonchev–Trinajstić information content (AvgIpc) is 3.39. The Balaban J connectivity index is 1.37. The molecule has 8 heteroatoms. The van der Waals surface area contributed by atoms with E-state index in [4.69, 9.17) is 14.8 Å². The number of imidazole rings is 1. The van der Waals surface area contributed by atoms with Crippen LogP contribution in [-0.4, -0.2) is 55.9 Å². The SMILES string of the molecule is [2H]C([2H])([2H])N1C(=O)c2cccc(C#CC)c2[C@H]2C[C@@H]1c1nc3ccc(-c4cnc(N5CC(C)(N)C5)nc4)cc3n12. The minimum atomic E-state index is -2.63. The van der Waals surface area contributed by atoms with Crippen molar-refractivity contribution in [3.63, 3.8) is 0 Å². The first-order valence-corrected chi connectivity index (χ1v) is 12.3. The molecule has 0 aliphatic carbocycles. The zero-order chi connectivity index (χ0) is 28.0. The Kier molecular flexibility index (Phi) is 3.92. The molecule has 37 heavy (non-hydrogen) atoms. The lowest BCUT2D eigenvalue weighted by atomic mass is 9.93. The molecule has 3 aliphatic heterocycles. The molecule has 0 radical (unpaired) electrons. The molecule has 5 heterocycles. The van der Waals surface area contributed by atoms with Crippen molar-refractivity contribution in [3.8, 4) is 23.0 Å². The first-order valence-electron chi connectivity index (χ1n) is 13.8. The van der Waals surface area contributed by atoms with E-state index in [1.54, 1.807) is 31.5 Å². The van der Waals surface area contributed by atoms with Crippen molar-refractivity contribution in [2.24, 2.45) is 5.73 Å². The van der Waals surface area contributed by atoms with Crippen LogP contribution in [0.5, 0.6) is 0 Å². The first-order chi connectivity index (χ1) is 19.1. The van der Waals surface area contributed by atoms with Crippen LogP contribution in [0.4, 0.5) is 5.95 Å². The highest BCUT2D eigenvalue weighted by Gasteiger charge is 2.44. The molecule has 2 N–H and O–H groups in total. The van der Waals surface area contributed by atoms with Gasteiger partial charge in [-0.3, -0.25) is 4.79 Å². The van der Waals surface area contributed by atoms with Gasteiger partial charge in [-0.2, -0.15) is 0 Å². The van der Waals surface area contributed by atoms with Crippen molar-refractivity contribution in [3.05, 3.63) is 71.3 Å². The summed E-state index contributed by atoms with van der Waals surface area (Å²) in [4.78, 5) is 30.8. The number of hydrogen-bond donors (Lipinski definition) is 1. The maximum absolute atomic E-state index is 13.7. The van der Waals surface area contributed by atoms with Gasteiger partial charge in [0.25, 0.3) is 5.91 Å². The summed E-state index contributed by atoms with van der Waals surface area (Å²) in [6, 6.07) is 10.3. The zero-order valence-corrected chi connectivity index (χ0v) is 20.6.